The van der Waals surface area contributed by atoms with Crippen LogP contribution in [0, 0.1) is 0 Å². The zero-order chi connectivity index (χ0) is 22.7. The molecule has 0 amide bonds. The van der Waals surface area contributed by atoms with Crippen LogP contribution in [-0.4, -0.2) is 68.2 Å². The fourth-order valence-corrected chi connectivity index (χ4v) is 3.85. The minimum atomic E-state index is -1.06. The molecule has 1 saturated heterocycles. The van der Waals surface area contributed by atoms with E-state index in [1.54, 1.807) is 25.3 Å². The maximum Gasteiger partial charge on any atom is 0.303 e. The minimum absolute atomic E-state index is 0.217. The Kier molecular flexibility index (Phi) is 7.16. The predicted molar refractivity (Wildman–Crippen MR) is 109 cm³/mol. The Balaban J connectivity index is 1.93. The van der Waals surface area contributed by atoms with Crippen molar-refractivity contribution in [3.8, 4) is 5.75 Å². The smallest absolute Gasteiger partial charge is 0.303 e. The number of benzene rings is 1. The summed E-state index contributed by atoms with van der Waals surface area (Å²) in [7, 11) is 1.55. The number of fused-ring (bicyclic) bond motifs is 1. The molecule has 0 aliphatic carbocycles. The molecule has 1 fully saturated rings. The average molecular weight is 500 g/mol. The Labute approximate surface area is 186 Å². The summed E-state index contributed by atoms with van der Waals surface area (Å²) in [6.07, 6.45) is -4.74. The third-order valence-electron chi connectivity index (χ3n) is 4.56. The van der Waals surface area contributed by atoms with Crippen LogP contribution in [0.3, 0.4) is 0 Å². The number of hydrogen-bond donors (Lipinski definition) is 0. The second kappa shape index (κ2) is 9.65. The van der Waals surface area contributed by atoms with E-state index in [1.807, 2.05) is 0 Å². The molecule has 0 aromatic heterocycles. The lowest BCUT2D eigenvalue weighted by Gasteiger charge is -2.40. The molecule has 0 bridgehead atoms. The van der Waals surface area contributed by atoms with Gasteiger partial charge in [0, 0.05) is 25.2 Å². The van der Waals surface area contributed by atoms with E-state index in [0.717, 1.165) is 0 Å². The van der Waals surface area contributed by atoms with Crippen molar-refractivity contribution in [1.29, 1.82) is 0 Å². The van der Waals surface area contributed by atoms with Gasteiger partial charge in [-0.15, -0.1) is 0 Å². The van der Waals surface area contributed by atoms with Crippen LogP contribution in [0.1, 0.15) is 26.3 Å². The van der Waals surface area contributed by atoms with E-state index in [1.165, 1.54) is 20.8 Å². The van der Waals surface area contributed by atoms with Crippen LogP contribution in [-0.2, 0) is 38.1 Å². The molecule has 0 radical (unpaired) electrons. The van der Waals surface area contributed by atoms with Crippen molar-refractivity contribution >= 4 is 39.7 Å². The Morgan fingerprint density at radius 2 is 1.74 bits per heavy atom. The zero-order valence-electron chi connectivity index (χ0n) is 17.3. The normalized spacial score (nSPS) is 26.7. The van der Waals surface area contributed by atoms with E-state index in [2.05, 4.69) is 20.9 Å². The standard InChI is InChI=1S/C20H22BrNO9/c1-9(23)27-8-15-16(28-10(2)24)17(29-11(3)25)18-20(30-15)22-19(31-18)13-6-5-12(26-4)7-14(13)21/h5-7,15-18,20H,8H2,1-4H3/t15-,16-,17+,18-,20+/m1/s1. The summed E-state index contributed by atoms with van der Waals surface area (Å²) in [6, 6.07) is 5.24. The van der Waals surface area contributed by atoms with Crippen LogP contribution in [0.4, 0.5) is 0 Å². The summed E-state index contributed by atoms with van der Waals surface area (Å²) in [6.45, 7) is 3.47. The molecule has 168 valence electrons. The van der Waals surface area contributed by atoms with E-state index in [4.69, 9.17) is 28.4 Å². The molecule has 1 aromatic carbocycles. The van der Waals surface area contributed by atoms with E-state index in [-0.39, 0.29) is 12.5 Å². The molecular weight excluding hydrogens is 478 g/mol. The summed E-state index contributed by atoms with van der Waals surface area (Å²) in [5.74, 6) is -0.871. The molecule has 0 saturated carbocycles. The third-order valence-corrected chi connectivity index (χ3v) is 5.22. The van der Waals surface area contributed by atoms with Crippen molar-refractivity contribution in [2.75, 3.05) is 13.7 Å². The lowest BCUT2D eigenvalue weighted by atomic mass is 9.98. The number of nitrogens with zero attached hydrogens (tertiary/aromatic N) is 1. The second-order valence-electron chi connectivity index (χ2n) is 6.88. The summed E-state index contributed by atoms with van der Waals surface area (Å²) in [4.78, 5) is 39.2. The van der Waals surface area contributed by atoms with Crippen LogP contribution in [0.2, 0.25) is 0 Å². The molecule has 0 spiro atoms. The largest absolute Gasteiger partial charge is 0.497 e. The van der Waals surface area contributed by atoms with Gasteiger partial charge in [-0.05, 0) is 34.1 Å². The van der Waals surface area contributed by atoms with E-state index in [9.17, 15) is 14.4 Å². The maximum absolute atomic E-state index is 11.8. The first-order valence-corrected chi connectivity index (χ1v) is 10.2. The zero-order valence-corrected chi connectivity index (χ0v) is 18.9. The Morgan fingerprint density at radius 3 is 2.32 bits per heavy atom. The topological polar surface area (TPSA) is 119 Å². The lowest BCUT2D eigenvalue weighted by molar-refractivity contribution is -0.236. The summed E-state index contributed by atoms with van der Waals surface area (Å²) < 4.78 is 33.6. The van der Waals surface area contributed by atoms with Gasteiger partial charge in [-0.2, -0.15) is 0 Å². The number of methoxy groups -OCH3 is 1. The highest BCUT2D eigenvalue weighted by Crippen LogP contribution is 2.35. The number of esters is 3. The van der Waals surface area contributed by atoms with Crippen molar-refractivity contribution in [3.05, 3.63) is 28.2 Å². The van der Waals surface area contributed by atoms with Crippen molar-refractivity contribution in [2.45, 2.75) is 51.4 Å². The highest BCUT2D eigenvalue weighted by atomic mass is 79.9. The molecule has 10 nitrogen and oxygen atoms in total. The van der Waals surface area contributed by atoms with Crippen LogP contribution in [0.5, 0.6) is 5.75 Å². The number of aliphatic imine (C=N–C) groups is 1. The summed E-state index contributed by atoms with van der Waals surface area (Å²) in [5, 5.41) is 0. The van der Waals surface area contributed by atoms with E-state index >= 15 is 0 Å². The Bertz CT molecular complexity index is 903. The van der Waals surface area contributed by atoms with E-state index in [0.29, 0.717) is 15.8 Å². The first kappa shape index (κ1) is 23.0. The molecule has 31 heavy (non-hydrogen) atoms. The van der Waals surface area contributed by atoms with E-state index < -0.39 is 48.6 Å². The molecule has 1 aromatic rings. The molecule has 11 heteroatoms. The highest BCUT2D eigenvalue weighted by Gasteiger charge is 2.54. The molecule has 3 rings (SSSR count). The predicted octanol–water partition coefficient (Wildman–Crippen LogP) is 1.75. The number of rotatable bonds is 6. The van der Waals surface area contributed by atoms with Gasteiger partial charge >= 0.3 is 17.9 Å². The minimum Gasteiger partial charge on any atom is -0.497 e. The van der Waals surface area contributed by atoms with Gasteiger partial charge in [0.2, 0.25) is 5.90 Å². The van der Waals surface area contributed by atoms with Crippen LogP contribution in [0.15, 0.2) is 27.7 Å². The van der Waals surface area contributed by atoms with Crippen LogP contribution < -0.4 is 4.74 Å². The van der Waals surface area contributed by atoms with Crippen molar-refractivity contribution in [3.63, 3.8) is 0 Å². The van der Waals surface area contributed by atoms with Crippen molar-refractivity contribution in [2.24, 2.45) is 4.99 Å². The van der Waals surface area contributed by atoms with Gasteiger partial charge in [-0.25, -0.2) is 4.99 Å². The van der Waals surface area contributed by atoms with Gasteiger partial charge in [-0.1, -0.05) is 0 Å². The first-order valence-electron chi connectivity index (χ1n) is 9.41. The Hall–Kier alpha value is -2.66. The average Bonchev–Trinajstić information content (AvgIpc) is 3.11. The molecule has 2 heterocycles. The lowest BCUT2D eigenvalue weighted by Crippen LogP contribution is -2.60. The van der Waals surface area contributed by atoms with Crippen LogP contribution in [0.25, 0.3) is 0 Å². The Morgan fingerprint density at radius 1 is 1.06 bits per heavy atom. The maximum atomic E-state index is 11.8. The monoisotopic (exact) mass is 499 g/mol. The number of carbonyl (C=O) groups excluding carboxylic acids is 3. The number of ether oxygens (including phenoxy) is 6. The molecule has 0 unspecified atom stereocenters. The molecule has 2 aliphatic heterocycles. The number of hydrogen-bond acceptors (Lipinski definition) is 10. The molecule has 0 N–H and O–H groups in total. The quantitative estimate of drug-likeness (QED) is 0.425. The van der Waals surface area contributed by atoms with Gasteiger partial charge in [0.1, 0.15) is 18.5 Å². The van der Waals surface area contributed by atoms with Crippen molar-refractivity contribution < 1.29 is 42.8 Å². The second-order valence-corrected chi connectivity index (χ2v) is 7.73. The SMILES string of the molecule is COc1ccc(C2=N[C@H]3O[C@H](COC(C)=O)[C@@H](OC(C)=O)[C@H](OC(C)=O)[C@H]3O2)c(Br)c1. The molecular formula is C20H22BrNO9. The van der Waals surface area contributed by atoms with Gasteiger partial charge < -0.3 is 28.4 Å². The molecule has 5 atom stereocenters. The molecule has 2 aliphatic rings. The van der Waals surface area contributed by atoms with Crippen molar-refractivity contribution in [1.82, 2.24) is 0 Å². The van der Waals surface area contributed by atoms with Gasteiger partial charge in [0.25, 0.3) is 0 Å². The summed E-state index contributed by atoms with van der Waals surface area (Å²) >= 11 is 3.46. The fraction of sp³-hybridized carbons (Fsp3) is 0.500. The third kappa shape index (κ3) is 5.34. The fourth-order valence-electron chi connectivity index (χ4n) is 3.32. The number of carbonyl (C=O) groups is 3. The highest BCUT2D eigenvalue weighted by molar-refractivity contribution is 9.10. The van der Waals surface area contributed by atoms with Gasteiger partial charge in [0.15, 0.2) is 24.5 Å². The summed E-state index contributed by atoms with van der Waals surface area (Å²) in [5.41, 5.74) is 0.626. The van der Waals surface area contributed by atoms with Crippen LogP contribution >= 0.6 is 15.9 Å². The first-order chi connectivity index (χ1) is 14.7. The van der Waals surface area contributed by atoms with Gasteiger partial charge in [0.05, 0.1) is 12.7 Å². The van der Waals surface area contributed by atoms with Gasteiger partial charge in [-0.3, -0.25) is 14.4 Å². The number of halogens is 1.